The number of benzene rings is 1. The molecule has 0 unspecified atom stereocenters. The number of carbonyl (C=O) groups excluding carboxylic acids is 1. The van der Waals surface area contributed by atoms with Crippen molar-refractivity contribution in [3.8, 4) is 5.75 Å². The van der Waals surface area contributed by atoms with Gasteiger partial charge in [0.1, 0.15) is 5.75 Å². The van der Waals surface area contributed by atoms with Crippen LogP contribution in [0.4, 0.5) is 0 Å². The number of aromatic hydroxyl groups is 1. The van der Waals surface area contributed by atoms with E-state index in [-0.39, 0.29) is 11.7 Å². The molecule has 106 valence electrons. The second kappa shape index (κ2) is 7.79. The SMILES string of the molecule is CC(C)NCCCC(=O)N(C)Cc1ccc(O)cc1. The smallest absolute Gasteiger partial charge is 0.222 e. The van der Waals surface area contributed by atoms with E-state index in [1.807, 2.05) is 19.2 Å². The highest BCUT2D eigenvalue weighted by atomic mass is 16.3. The monoisotopic (exact) mass is 264 g/mol. The van der Waals surface area contributed by atoms with Gasteiger partial charge in [0, 0.05) is 26.1 Å². The Morgan fingerprint density at radius 2 is 1.95 bits per heavy atom. The van der Waals surface area contributed by atoms with Gasteiger partial charge in [0.15, 0.2) is 0 Å². The van der Waals surface area contributed by atoms with Crippen LogP contribution in [-0.2, 0) is 11.3 Å². The van der Waals surface area contributed by atoms with Crippen LogP contribution in [0.3, 0.4) is 0 Å². The quantitative estimate of drug-likeness (QED) is 0.742. The zero-order chi connectivity index (χ0) is 14.3. The molecule has 0 aliphatic rings. The Kier molecular flexibility index (Phi) is 6.36. The minimum Gasteiger partial charge on any atom is -0.508 e. The summed E-state index contributed by atoms with van der Waals surface area (Å²) in [5.41, 5.74) is 1.02. The number of nitrogens with one attached hydrogen (secondary N) is 1. The molecule has 0 aliphatic heterocycles. The van der Waals surface area contributed by atoms with Crippen LogP contribution in [0.15, 0.2) is 24.3 Å². The van der Waals surface area contributed by atoms with Gasteiger partial charge in [0.25, 0.3) is 0 Å². The lowest BCUT2D eigenvalue weighted by Gasteiger charge is -2.17. The van der Waals surface area contributed by atoms with E-state index in [0.717, 1.165) is 18.5 Å². The summed E-state index contributed by atoms with van der Waals surface area (Å²) in [5, 5.41) is 12.5. The topological polar surface area (TPSA) is 52.6 Å². The van der Waals surface area contributed by atoms with E-state index in [0.29, 0.717) is 19.0 Å². The van der Waals surface area contributed by atoms with Crippen molar-refractivity contribution < 1.29 is 9.90 Å². The fourth-order valence-corrected chi connectivity index (χ4v) is 1.78. The average Bonchev–Trinajstić information content (AvgIpc) is 2.36. The normalized spacial score (nSPS) is 10.7. The molecular formula is C15H24N2O2. The van der Waals surface area contributed by atoms with Gasteiger partial charge in [0.2, 0.25) is 5.91 Å². The van der Waals surface area contributed by atoms with Gasteiger partial charge in [-0.2, -0.15) is 0 Å². The van der Waals surface area contributed by atoms with Crippen LogP contribution in [0.2, 0.25) is 0 Å². The third-order valence-corrected chi connectivity index (χ3v) is 2.90. The fourth-order valence-electron chi connectivity index (χ4n) is 1.78. The molecule has 0 atom stereocenters. The molecule has 4 heteroatoms. The van der Waals surface area contributed by atoms with Crippen molar-refractivity contribution in [3.63, 3.8) is 0 Å². The van der Waals surface area contributed by atoms with Crippen molar-refractivity contribution in [1.82, 2.24) is 10.2 Å². The number of carbonyl (C=O) groups is 1. The molecule has 1 rings (SSSR count). The first-order valence-corrected chi connectivity index (χ1v) is 6.74. The second-order valence-corrected chi connectivity index (χ2v) is 5.13. The van der Waals surface area contributed by atoms with Crippen LogP contribution >= 0.6 is 0 Å². The Morgan fingerprint density at radius 3 is 2.53 bits per heavy atom. The molecule has 0 bridgehead atoms. The molecule has 19 heavy (non-hydrogen) atoms. The maximum atomic E-state index is 11.9. The molecule has 0 saturated carbocycles. The Bertz CT molecular complexity index is 388. The van der Waals surface area contributed by atoms with Crippen molar-refractivity contribution in [3.05, 3.63) is 29.8 Å². The van der Waals surface area contributed by atoms with Gasteiger partial charge in [-0.25, -0.2) is 0 Å². The number of phenols is 1. The van der Waals surface area contributed by atoms with E-state index in [1.54, 1.807) is 17.0 Å². The molecule has 0 spiro atoms. The summed E-state index contributed by atoms with van der Waals surface area (Å²) in [6, 6.07) is 7.41. The molecule has 1 aromatic carbocycles. The van der Waals surface area contributed by atoms with E-state index in [4.69, 9.17) is 0 Å². The van der Waals surface area contributed by atoms with Gasteiger partial charge in [-0.1, -0.05) is 26.0 Å². The van der Waals surface area contributed by atoms with E-state index in [2.05, 4.69) is 19.2 Å². The molecule has 0 aromatic heterocycles. The van der Waals surface area contributed by atoms with Crippen LogP contribution in [-0.4, -0.2) is 35.5 Å². The van der Waals surface area contributed by atoms with E-state index in [9.17, 15) is 9.90 Å². The van der Waals surface area contributed by atoms with Crippen LogP contribution < -0.4 is 5.32 Å². The molecule has 4 nitrogen and oxygen atoms in total. The van der Waals surface area contributed by atoms with Crippen molar-refractivity contribution in [2.24, 2.45) is 0 Å². The number of nitrogens with zero attached hydrogens (tertiary/aromatic N) is 1. The number of phenolic OH excluding ortho intramolecular Hbond substituents is 1. The molecular weight excluding hydrogens is 240 g/mol. The largest absolute Gasteiger partial charge is 0.508 e. The summed E-state index contributed by atoms with van der Waals surface area (Å²) in [7, 11) is 1.81. The average molecular weight is 264 g/mol. The van der Waals surface area contributed by atoms with Gasteiger partial charge in [-0.05, 0) is 30.7 Å². The lowest BCUT2D eigenvalue weighted by atomic mass is 10.2. The first-order chi connectivity index (χ1) is 8.99. The first-order valence-electron chi connectivity index (χ1n) is 6.74. The molecule has 0 aliphatic carbocycles. The summed E-state index contributed by atoms with van der Waals surface area (Å²) in [4.78, 5) is 13.6. The maximum absolute atomic E-state index is 11.9. The summed E-state index contributed by atoms with van der Waals surface area (Å²) in [5.74, 6) is 0.399. The van der Waals surface area contributed by atoms with Gasteiger partial charge in [0.05, 0.1) is 0 Å². The Labute approximate surface area is 115 Å². The van der Waals surface area contributed by atoms with Gasteiger partial charge >= 0.3 is 0 Å². The van der Waals surface area contributed by atoms with E-state index in [1.165, 1.54) is 0 Å². The number of rotatable bonds is 7. The lowest BCUT2D eigenvalue weighted by Crippen LogP contribution is -2.28. The van der Waals surface area contributed by atoms with Crippen LogP contribution in [0.25, 0.3) is 0 Å². The molecule has 0 radical (unpaired) electrons. The van der Waals surface area contributed by atoms with Crippen LogP contribution in [0.1, 0.15) is 32.3 Å². The third kappa shape index (κ3) is 6.25. The van der Waals surface area contributed by atoms with Crippen molar-refractivity contribution in [2.75, 3.05) is 13.6 Å². The third-order valence-electron chi connectivity index (χ3n) is 2.90. The minimum atomic E-state index is 0.152. The molecule has 2 N–H and O–H groups in total. The Morgan fingerprint density at radius 1 is 1.32 bits per heavy atom. The van der Waals surface area contributed by atoms with E-state index < -0.39 is 0 Å². The first kappa shape index (κ1) is 15.5. The zero-order valence-electron chi connectivity index (χ0n) is 12.0. The predicted molar refractivity (Wildman–Crippen MR) is 77.0 cm³/mol. The van der Waals surface area contributed by atoms with Crippen molar-refractivity contribution in [1.29, 1.82) is 0 Å². The predicted octanol–water partition coefficient (Wildman–Crippen LogP) is 2.13. The molecule has 0 heterocycles. The highest BCUT2D eigenvalue weighted by molar-refractivity contribution is 5.75. The summed E-state index contributed by atoms with van der Waals surface area (Å²) >= 11 is 0. The standard InChI is InChI=1S/C15H24N2O2/c1-12(2)16-10-4-5-15(19)17(3)11-13-6-8-14(18)9-7-13/h6-9,12,16,18H,4-5,10-11H2,1-3H3. The van der Waals surface area contributed by atoms with Crippen LogP contribution in [0.5, 0.6) is 5.75 Å². The minimum absolute atomic E-state index is 0.152. The van der Waals surface area contributed by atoms with Gasteiger partial charge in [-0.3, -0.25) is 4.79 Å². The van der Waals surface area contributed by atoms with Gasteiger partial charge in [-0.15, -0.1) is 0 Å². The van der Waals surface area contributed by atoms with Crippen molar-refractivity contribution in [2.45, 2.75) is 39.3 Å². The molecule has 1 aromatic rings. The summed E-state index contributed by atoms with van der Waals surface area (Å²) in [6.45, 7) is 5.64. The highest BCUT2D eigenvalue weighted by Gasteiger charge is 2.08. The Balaban J connectivity index is 2.30. The second-order valence-electron chi connectivity index (χ2n) is 5.13. The zero-order valence-corrected chi connectivity index (χ0v) is 12.0. The lowest BCUT2D eigenvalue weighted by molar-refractivity contribution is -0.130. The highest BCUT2D eigenvalue weighted by Crippen LogP contribution is 2.11. The summed E-state index contributed by atoms with van der Waals surface area (Å²) < 4.78 is 0. The maximum Gasteiger partial charge on any atom is 0.222 e. The Hall–Kier alpha value is -1.55. The molecule has 1 amide bonds. The van der Waals surface area contributed by atoms with E-state index >= 15 is 0 Å². The summed E-state index contributed by atoms with van der Waals surface area (Å²) in [6.07, 6.45) is 1.42. The van der Waals surface area contributed by atoms with Crippen molar-refractivity contribution >= 4 is 5.91 Å². The van der Waals surface area contributed by atoms with Gasteiger partial charge < -0.3 is 15.3 Å². The van der Waals surface area contributed by atoms with Crippen LogP contribution in [0, 0.1) is 0 Å². The number of hydrogen-bond donors (Lipinski definition) is 2. The number of hydrogen-bond acceptors (Lipinski definition) is 3. The number of amides is 1. The molecule has 0 fully saturated rings. The molecule has 0 saturated heterocycles. The fraction of sp³-hybridized carbons (Fsp3) is 0.533.